The molecule has 0 fully saturated rings. The lowest BCUT2D eigenvalue weighted by molar-refractivity contribution is -0.384. The van der Waals surface area contributed by atoms with Crippen LogP contribution < -0.4 is 5.73 Å². The van der Waals surface area contributed by atoms with Gasteiger partial charge >= 0.3 is 0 Å². The largest absolute Gasteiger partial charge is 0.398 e. The van der Waals surface area contributed by atoms with E-state index in [1.165, 1.54) is 12.1 Å². The Bertz CT molecular complexity index is 850. The van der Waals surface area contributed by atoms with Gasteiger partial charge in [0, 0.05) is 34.3 Å². The summed E-state index contributed by atoms with van der Waals surface area (Å²) in [6.45, 7) is 0. The molecule has 0 spiro atoms. The number of carbonyl (C=O) groups excluding carboxylic acids is 1. The average molecular weight is 281 g/mol. The number of hydrogen-bond donors (Lipinski definition) is 2. The van der Waals surface area contributed by atoms with E-state index in [4.69, 9.17) is 5.73 Å². The second-order valence-electron chi connectivity index (χ2n) is 4.61. The van der Waals surface area contributed by atoms with Crippen molar-refractivity contribution in [3.63, 3.8) is 0 Å². The highest BCUT2D eigenvalue weighted by molar-refractivity contribution is 6.09. The number of nitrogens with zero attached hydrogens (tertiary/aromatic N) is 1. The Labute approximate surface area is 119 Å². The molecule has 0 radical (unpaired) electrons. The standard InChI is InChI=1S/C15H11N3O3/c16-11-2-1-3-12-15(11)14(13(8-19)17-12)9-4-6-10(7-5-9)18(20)21/h1-8,17H,16H2. The zero-order valence-corrected chi connectivity index (χ0v) is 10.9. The van der Waals surface area contributed by atoms with Crippen LogP contribution in [0.5, 0.6) is 0 Å². The van der Waals surface area contributed by atoms with E-state index in [9.17, 15) is 14.9 Å². The smallest absolute Gasteiger partial charge is 0.269 e. The van der Waals surface area contributed by atoms with E-state index in [1.807, 2.05) is 6.07 Å². The van der Waals surface area contributed by atoms with Gasteiger partial charge in [-0.05, 0) is 29.8 Å². The van der Waals surface area contributed by atoms with Crippen LogP contribution in [0.4, 0.5) is 11.4 Å². The van der Waals surface area contributed by atoms with Crippen LogP contribution in [0.25, 0.3) is 22.0 Å². The highest BCUT2D eigenvalue weighted by Gasteiger charge is 2.16. The van der Waals surface area contributed by atoms with Crippen molar-refractivity contribution in [2.45, 2.75) is 0 Å². The number of benzene rings is 2. The Morgan fingerprint density at radius 1 is 1.14 bits per heavy atom. The molecular formula is C15H11N3O3. The van der Waals surface area contributed by atoms with Crippen LogP contribution in [0.2, 0.25) is 0 Å². The van der Waals surface area contributed by atoms with E-state index in [0.29, 0.717) is 22.5 Å². The number of carbonyl (C=O) groups is 1. The van der Waals surface area contributed by atoms with Crippen LogP contribution in [-0.4, -0.2) is 16.2 Å². The summed E-state index contributed by atoms with van der Waals surface area (Å²) in [5, 5.41) is 11.5. The van der Waals surface area contributed by atoms with Gasteiger partial charge in [-0.25, -0.2) is 0 Å². The van der Waals surface area contributed by atoms with Gasteiger partial charge in [0.1, 0.15) is 0 Å². The summed E-state index contributed by atoms with van der Waals surface area (Å²) in [6, 6.07) is 11.4. The van der Waals surface area contributed by atoms with E-state index < -0.39 is 4.92 Å². The fourth-order valence-corrected chi connectivity index (χ4v) is 2.43. The van der Waals surface area contributed by atoms with Crippen molar-refractivity contribution in [1.29, 1.82) is 0 Å². The van der Waals surface area contributed by atoms with Gasteiger partial charge in [-0.15, -0.1) is 0 Å². The third-order valence-corrected chi connectivity index (χ3v) is 3.37. The summed E-state index contributed by atoms with van der Waals surface area (Å²) < 4.78 is 0. The molecule has 3 N–H and O–H groups in total. The minimum atomic E-state index is -0.464. The van der Waals surface area contributed by atoms with Crippen molar-refractivity contribution in [1.82, 2.24) is 4.98 Å². The Morgan fingerprint density at radius 3 is 2.48 bits per heavy atom. The van der Waals surface area contributed by atoms with Crippen molar-refractivity contribution in [3.05, 3.63) is 58.3 Å². The van der Waals surface area contributed by atoms with Crippen LogP contribution in [0, 0.1) is 10.1 Å². The number of non-ortho nitro benzene ring substituents is 1. The fourth-order valence-electron chi connectivity index (χ4n) is 2.43. The summed E-state index contributed by atoms with van der Waals surface area (Å²) in [7, 11) is 0. The van der Waals surface area contributed by atoms with Gasteiger partial charge in [-0.3, -0.25) is 14.9 Å². The first-order valence-electron chi connectivity index (χ1n) is 6.22. The molecule has 0 unspecified atom stereocenters. The molecule has 0 aliphatic carbocycles. The van der Waals surface area contributed by atoms with E-state index in [0.717, 1.165) is 17.2 Å². The SMILES string of the molecule is Nc1cccc2[nH]c(C=O)c(-c3ccc([N+](=O)[O-])cc3)c12. The van der Waals surface area contributed by atoms with E-state index in [1.54, 1.807) is 24.3 Å². The number of nitro groups is 1. The summed E-state index contributed by atoms with van der Waals surface area (Å²) in [5.74, 6) is 0. The maximum atomic E-state index is 11.3. The number of aldehydes is 1. The lowest BCUT2D eigenvalue weighted by Crippen LogP contribution is -1.90. The molecule has 3 rings (SSSR count). The van der Waals surface area contributed by atoms with E-state index >= 15 is 0 Å². The monoisotopic (exact) mass is 281 g/mol. The third-order valence-electron chi connectivity index (χ3n) is 3.37. The van der Waals surface area contributed by atoms with Crippen molar-refractivity contribution in [2.24, 2.45) is 0 Å². The molecule has 3 aromatic rings. The second kappa shape index (κ2) is 4.75. The molecule has 1 aromatic heterocycles. The predicted octanol–water partition coefficient (Wildman–Crippen LogP) is 3.14. The molecule has 104 valence electrons. The minimum Gasteiger partial charge on any atom is -0.398 e. The second-order valence-corrected chi connectivity index (χ2v) is 4.61. The van der Waals surface area contributed by atoms with Gasteiger partial charge in [0.2, 0.25) is 0 Å². The molecular weight excluding hydrogens is 270 g/mol. The molecule has 6 heteroatoms. The van der Waals surface area contributed by atoms with Crippen molar-refractivity contribution in [3.8, 4) is 11.1 Å². The van der Waals surface area contributed by atoms with Gasteiger partial charge in [0.05, 0.1) is 10.6 Å². The van der Waals surface area contributed by atoms with Gasteiger partial charge in [0.15, 0.2) is 6.29 Å². The molecule has 21 heavy (non-hydrogen) atoms. The molecule has 0 amide bonds. The van der Waals surface area contributed by atoms with Gasteiger partial charge in [-0.1, -0.05) is 6.07 Å². The Kier molecular flexibility index (Phi) is 2.91. The maximum absolute atomic E-state index is 11.3. The summed E-state index contributed by atoms with van der Waals surface area (Å²) in [6.07, 6.45) is 0.718. The molecule has 1 heterocycles. The minimum absolute atomic E-state index is 0.000726. The molecule has 0 aliphatic heterocycles. The summed E-state index contributed by atoms with van der Waals surface area (Å²) in [4.78, 5) is 24.5. The number of nitrogen functional groups attached to an aromatic ring is 1. The Hall–Kier alpha value is -3.15. The fraction of sp³-hybridized carbons (Fsp3) is 0. The maximum Gasteiger partial charge on any atom is 0.269 e. The normalized spacial score (nSPS) is 10.7. The molecule has 2 aromatic carbocycles. The number of rotatable bonds is 3. The van der Waals surface area contributed by atoms with Crippen LogP contribution in [0.15, 0.2) is 42.5 Å². The zero-order chi connectivity index (χ0) is 15.0. The number of hydrogen-bond acceptors (Lipinski definition) is 4. The van der Waals surface area contributed by atoms with Crippen molar-refractivity contribution < 1.29 is 9.72 Å². The number of nitrogens with two attached hydrogens (primary N) is 1. The molecule has 0 atom stereocenters. The lowest BCUT2D eigenvalue weighted by atomic mass is 10.0. The highest BCUT2D eigenvalue weighted by Crippen LogP contribution is 2.35. The van der Waals surface area contributed by atoms with Gasteiger partial charge < -0.3 is 10.7 Å². The van der Waals surface area contributed by atoms with Crippen LogP contribution in [-0.2, 0) is 0 Å². The number of aromatic nitrogens is 1. The number of anilines is 1. The number of nitrogens with one attached hydrogen (secondary N) is 1. The molecule has 0 bridgehead atoms. The molecule has 0 saturated carbocycles. The zero-order valence-electron chi connectivity index (χ0n) is 10.9. The van der Waals surface area contributed by atoms with Crippen LogP contribution in [0.3, 0.4) is 0 Å². The molecule has 6 nitrogen and oxygen atoms in total. The topological polar surface area (TPSA) is 102 Å². The first kappa shape index (κ1) is 12.9. The first-order valence-corrected chi connectivity index (χ1v) is 6.22. The van der Waals surface area contributed by atoms with Crippen molar-refractivity contribution in [2.75, 3.05) is 5.73 Å². The Balaban J connectivity index is 2.28. The number of aromatic amines is 1. The van der Waals surface area contributed by atoms with Crippen LogP contribution >= 0.6 is 0 Å². The molecule has 0 saturated heterocycles. The summed E-state index contributed by atoms with van der Waals surface area (Å²) in [5.41, 5.74) is 9.06. The number of fused-ring (bicyclic) bond motifs is 1. The van der Waals surface area contributed by atoms with Crippen molar-refractivity contribution >= 4 is 28.6 Å². The van der Waals surface area contributed by atoms with E-state index in [2.05, 4.69) is 4.98 Å². The van der Waals surface area contributed by atoms with E-state index in [-0.39, 0.29) is 5.69 Å². The number of nitro benzene ring substituents is 1. The Morgan fingerprint density at radius 2 is 1.86 bits per heavy atom. The van der Waals surface area contributed by atoms with Gasteiger partial charge in [0.25, 0.3) is 5.69 Å². The highest BCUT2D eigenvalue weighted by atomic mass is 16.6. The number of H-pyrrole nitrogens is 1. The predicted molar refractivity (Wildman–Crippen MR) is 80.2 cm³/mol. The first-order chi connectivity index (χ1) is 10.1. The van der Waals surface area contributed by atoms with Gasteiger partial charge in [-0.2, -0.15) is 0 Å². The average Bonchev–Trinajstić information content (AvgIpc) is 2.87. The third kappa shape index (κ3) is 2.02. The summed E-state index contributed by atoms with van der Waals surface area (Å²) >= 11 is 0. The lowest BCUT2D eigenvalue weighted by Gasteiger charge is -2.03. The van der Waals surface area contributed by atoms with Crippen LogP contribution in [0.1, 0.15) is 10.5 Å². The molecule has 0 aliphatic rings. The quantitative estimate of drug-likeness (QED) is 0.333.